The number of nitro groups is 1. The van der Waals surface area contributed by atoms with Crippen LogP contribution in [0.2, 0.25) is 0 Å². The van der Waals surface area contributed by atoms with Gasteiger partial charge in [0.25, 0.3) is 5.69 Å². The molecule has 0 saturated carbocycles. The fourth-order valence-electron chi connectivity index (χ4n) is 4.54. The summed E-state index contributed by atoms with van der Waals surface area (Å²) in [6, 6.07) is 4.57. The largest absolute Gasteiger partial charge is 0.370 e. The number of rotatable bonds is 8. The molecule has 0 radical (unpaired) electrons. The molecule has 0 unspecified atom stereocenters. The third-order valence-corrected chi connectivity index (χ3v) is 9.27. The Morgan fingerprint density at radius 2 is 1.75 bits per heavy atom. The molecule has 1 atom stereocenters. The number of ether oxygens (including phenoxy) is 1. The Balaban J connectivity index is 2.53. The van der Waals surface area contributed by atoms with Gasteiger partial charge in [-0.2, -0.15) is 0 Å². The Bertz CT molecular complexity index is 933. The molecule has 32 heavy (non-hydrogen) atoms. The van der Waals surface area contributed by atoms with E-state index in [2.05, 4.69) is 5.59 Å². The van der Waals surface area contributed by atoms with Crippen molar-refractivity contribution in [2.75, 3.05) is 32.8 Å². The number of sulfone groups is 1. The van der Waals surface area contributed by atoms with Crippen molar-refractivity contribution in [3.05, 3.63) is 34.4 Å². The molecule has 1 aromatic rings. The number of quaternary nitrogens is 1. The number of benzene rings is 1. The summed E-state index contributed by atoms with van der Waals surface area (Å²) in [5, 5.41) is 11.0. The zero-order chi connectivity index (χ0) is 24.4. The molecule has 0 bridgehead atoms. The highest BCUT2D eigenvalue weighted by atomic mass is 32.2. The van der Waals surface area contributed by atoms with Crippen LogP contribution < -0.4 is 5.59 Å². The Kier molecular flexibility index (Phi) is 7.71. The van der Waals surface area contributed by atoms with Gasteiger partial charge in [-0.3, -0.25) is 10.1 Å². The molecule has 0 amide bonds. The second-order valence-corrected chi connectivity index (χ2v) is 11.5. The lowest BCUT2D eigenvalue weighted by molar-refractivity contribution is -0.996. The maximum atomic E-state index is 13.9. The lowest BCUT2D eigenvalue weighted by Crippen LogP contribution is -2.66. The van der Waals surface area contributed by atoms with Gasteiger partial charge in [0.05, 0.1) is 29.6 Å². The van der Waals surface area contributed by atoms with Crippen molar-refractivity contribution in [3.8, 4) is 0 Å². The zero-order valence-electron chi connectivity index (χ0n) is 19.6. The summed E-state index contributed by atoms with van der Waals surface area (Å²) in [4.78, 5) is 29.4. The molecule has 1 aliphatic heterocycles. The van der Waals surface area contributed by atoms with Crippen LogP contribution in [0.3, 0.4) is 0 Å². The summed E-state index contributed by atoms with van der Waals surface area (Å²) in [5.41, 5.74) is 1.53. The minimum atomic E-state index is -4.31. The highest BCUT2D eigenvalue weighted by molar-refractivity contribution is 7.93. The molecule has 10 nitrogen and oxygen atoms in total. The van der Waals surface area contributed by atoms with Crippen molar-refractivity contribution < 1.29 is 32.3 Å². The summed E-state index contributed by atoms with van der Waals surface area (Å²) in [6.45, 7) is 13.1. The van der Waals surface area contributed by atoms with E-state index in [-0.39, 0.29) is 15.2 Å². The van der Waals surface area contributed by atoms with Crippen LogP contribution in [0.4, 0.5) is 5.69 Å². The average Bonchev–Trinajstić information content (AvgIpc) is 2.72. The first-order chi connectivity index (χ1) is 14.7. The fourth-order valence-corrected chi connectivity index (χ4v) is 7.10. The molecule has 1 heterocycles. The van der Waals surface area contributed by atoms with Gasteiger partial charge in [0, 0.05) is 17.7 Å². The molecule has 0 aliphatic carbocycles. The molecule has 2 rings (SSSR count). The van der Waals surface area contributed by atoms with E-state index in [1.807, 2.05) is 6.92 Å². The number of hydrogen-bond donors (Lipinski definition) is 1. The number of nitro benzene ring substituents is 1. The second kappa shape index (κ2) is 9.42. The minimum Gasteiger partial charge on any atom is -0.370 e. The molecule has 0 aromatic heterocycles. The van der Waals surface area contributed by atoms with Crippen molar-refractivity contribution in [1.29, 1.82) is 0 Å². The second-order valence-electron chi connectivity index (χ2n) is 9.40. The number of non-ortho nitro benzene ring substituents is 1. The normalized spacial score (nSPS) is 18.7. The standard InChI is InChI=1S/C21H34N3O7S/c1-7-24(12-14-30-15-13-24)22-31-19(25)21(16(2)3,20(4,5)6)32(28,29)18-10-8-17(9-11-18)23(26)27/h8-11,16,22H,7,12-15H2,1-6H3/q+1/t21-/m0/s1. The average molecular weight is 473 g/mol. The first-order valence-corrected chi connectivity index (χ1v) is 12.1. The summed E-state index contributed by atoms with van der Waals surface area (Å²) < 4.78 is 31.6. The number of nitrogens with zero attached hydrogens (tertiary/aromatic N) is 2. The van der Waals surface area contributed by atoms with Crippen molar-refractivity contribution in [3.63, 3.8) is 0 Å². The predicted octanol–water partition coefficient (Wildman–Crippen LogP) is 2.64. The van der Waals surface area contributed by atoms with Crippen LogP contribution in [-0.2, 0) is 24.2 Å². The van der Waals surface area contributed by atoms with Crippen molar-refractivity contribution >= 4 is 21.5 Å². The van der Waals surface area contributed by atoms with E-state index in [1.165, 1.54) is 12.1 Å². The van der Waals surface area contributed by atoms with Crippen molar-refractivity contribution in [2.24, 2.45) is 11.3 Å². The quantitative estimate of drug-likeness (QED) is 0.348. The summed E-state index contributed by atoms with van der Waals surface area (Å²) in [5.74, 6) is -1.56. The van der Waals surface area contributed by atoms with Crippen LogP contribution in [0, 0.1) is 21.4 Å². The Morgan fingerprint density at radius 3 is 2.16 bits per heavy atom. The number of morpholine rings is 1. The highest BCUT2D eigenvalue weighted by Gasteiger charge is 2.63. The SMILES string of the molecule is CC[N+]1(NOC(=O)[C@@](C(C)C)(C(C)(C)C)S(=O)(=O)c2ccc([N+](=O)[O-])cc2)CCOCC1. The van der Waals surface area contributed by atoms with Crippen LogP contribution in [-0.4, -0.2) is 61.5 Å². The molecule has 1 N–H and O–H groups in total. The van der Waals surface area contributed by atoms with Gasteiger partial charge in [-0.15, -0.1) is 0 Å². The first kappa shape index (κ1) is 26.2. The van der Waals surface area contributed by atoms with E-state index in [1.54, 1.807) is 34.6 Å². The Labute approximate surface area is 189 Å². The maximum absolute atomic E-state index is 13.9. The first-order valence-electron chi connectivity index (χ1n) is 10.7. The molecule has 1 aliphatic rings. The zero-order valence-corrected chi connectivity index (χ0v) is 20.4. The van der Waals surface area contributed by atoms with Gasteiger partial charge >= 0.3 is 5.97 Å². The maximum Gasteiger partial charge on any atom is 0.353 e. The van der Waals surface area contributed by atoms with E-state index >= 15 is 0 Å². The molecule has 1 aromatic carbocycles. The molecule has 180 valence electrons. The van der Waals surface area contributed by atoms with Gasteiger partial charge in [-0.05, 0) is 30.4 Å². The molecular weight excluding hydrogens is 438 g/mol. The van der Waals surface area contributed by atoms with Gasteiger partial charge in [0.15, 0.2) is 14.6 Å². The van der Waals surface area contributed by atoms with Crippen LogP contribution in [0.1, 0.15) is 41.5 Å². The van der Waals surface area contributed by atoms with E-state index in [9.17, 15) is 23.3 Å². The van der Waals surface area contributed by atoms with Gasteiger partial charge in [-0.1, -0.05) is 34.6 Å². The van der Waals surface area contributed by atoms with Crippen LogP contribution >= 0.6 is 0 Å². The third kappa shape index (κ3) is 4.52. The molecule has 1 fully saturated rings. The number of nitrogens with one attached hydrogen (secondary N) is 1. The summed E-state index contributed by atoms with van der Waals surface area (Å²) in [7, 11) is -4.31. The third-order valence-electron chi connectivity index (χ3n) is 6.28. The number of hydrogen-bond acceptors (Lipinski definition) is 8. The fraction of sp³-hybridized carbons (Fsp3) is 0.667. The van der Waals surface area contributed by atoms with Crippen LogP contribution in [0.15, 0.2) is 29.2 Å². The molecular formula is C21H34N3O7S+. The van der Waals surface area contributed by atoms with Gasteiger partial charge in [0.1, 0.15) is 13.1 Å². The Hall–Kier alpha value is -2.08. The van der Waals surface area contributed by atoms with Crippen LogP contribution in [0.25, 0.3) is 0 Å². The van der Waals surface area contributed by atoms with Gasteiger partial charge in [0.2, 0.25) is 0 Å². The van der Waals surface area contributed by atoms with E-state index in [0.717, 1.165) is 12.1 Å². The van der Waals surface area contributed by atoms with Gasteiger partial charge < -0.3 is 9.57 Å². The lowest BCUT2D eigenvalue weighted by atomic mass is 9.73. The van der Waals surface area contributed by atoms with Gasteiger partial charge in [-0.25, -0.2) is 17.8 Å². The van der Waals surface area contributed by atoms with Crippen molar-refractivity contribution in [1.82, 2.24) is 5.59 Å². The number of likely N-dealkylation sites (N-methyl/N-ethyl adjacent to an activating group) is 1. The molecule has 1 saturated heterocycles. The summed E-state index contributed by atoms with van der Waals surface area (Å²) in [6.07, 6.45) is 0. The number of carbonyl (C=O) groups is 1. The topological polar surface area (TPSA) is 125 Å². The lowest BCUT2D eigenvalue weighted by Gasteiger charge is -2.45. The predicted molar refractivity (Wildman–Crippen MR) is 118 cm³/mol. The monoisotopic (exact) mass is 472 g/mol. The number of carbonyl (C=O) groups excluding carboxylic acids is 1. The van der Waals surface area contributed by atoms with Crippen LogP contribution in [0.5, 0.6) is 0 Å². The molecule has 0 spiro atoms. The molecule has 11 heteroatoms. The highest BCUT2D eigenvalue weighted by Crippen LogP contribution is 2.47. The van der Waals surface area contributed by atoms with E-state index < -0.39 is 36.8 Å². The minimum absolute atomic E-state index is 0.172. The summed E-state index contributed by atoms with van der Waals surface area (Å²) >= 11 is 0. The van der Waals surface area contributed by atoms with Crippen molar-refractivity contribution in [2.45, 2.75) is 51.2 Å². The van der Waals surface area contributed by atoms with E-state index in [0.29, 0.717) is 32.8 Å². The smallest absolute Gasteiger partial charge is 0.353 e. The van der Waals surface area contributed by atoms with E-state index in [4.69, 9.17) is 9.57 Å². The Morgan fingerprint density at radius 1 is 1.22 bits per heavy atom.